The van der Waals surface area contributed by atoms with Gasteiger partial charge in [-0.15, -0.1) is 0 Å². The van der Waals surface area contributed by atoms with E-state index in [1.54, 1.807) is 0 Å². The maximum atomic E-state index is 10.7. The van der Waals surface area contributed by atoms with E-state index in [-0.39, 0.29) is 5.92 Å². The second kappa shape index (κ2) is 18.5. The van der Waals surface area contributed by atoms with Crippen molar-refractivity contribution in [1.29, 1.82) is 0 Å². The number of unbranched alkanes of at least 4 members (excludes halogenated alkanes) is 10. The van der Waals surface area contributed by atoms with Gasteiger partial charge in [0.25, 0.3) is 0 Å². The number of carbonyl (C=O) groups excluding carboxylic acids is 1. The molecule has 0 fully saturated rings. The molecular formula is C21H39O. The summed E-state index contributed by atoms with van der Waals surface area (Å²) < 4.78 is 0. The van der Waals surface area contributed by atoms with Crippen LogP contribution in [0.1, 0.15) is 110 Å². The van der Waals surface area contributed by atoms with Gasteiger partial charge in [-0.3, -0.25) is 4.79 Å². The van der Waals surface area contributed by atoms with Crippen LogP contribution in [-0.4, -0.2) is 6.29 Å². The predicted octanol–water partition coefficient (Wildman–Crippen LogP) is 7.16. The van der Waals surface area contributed by atoms with Crippen LogP contribution >= 0.6 is 0 Å². The zero-order valence-electron chi connectivity index (χ0n) is 15.2. The minimum absolute atomic E-state index is 0.197. The highest BCUT2D eigenvalue weighted by molar-refractivity contribution is 5.54. The van der Waals surface area contributed by atoms with Crippen molar-refractivity contribution >= 4 is 6.29 Å². The van der Waals surface area contributed by atoms with E-state index in [4.69, 9.17) is 0 Å². The molecule has 0 amide bonds. The molecule has 0 aliphatic heterocycles. The first kappa shape index (κ1) is 21.4. The Hall–Kier alpha value is -0.590. The normalized spacial score (nSPS) is 12.8. The van der Waals surface area contributed by atoms with E-state index in [0.717, 1.165) is 19.3 Å². The van der Waals surface area contributed by atoms with Gasteiger partial charge in [-0.1, -0.05) is 83.8 Å². The van der Waals surface area contributed by atoms with Gasteiger partial charge in [0.15, 0.2) is 0 Å². The summed E-state index contributed by atoms with van der Waals surface area (Å²) in [6.07, 6.45) is 26.0. The van der Waals surface area contributed by atoms with E-state index in [2.05, 4.69) is 32.3 Å². The van der Waals surface area contributed by atoms with Crippen molar-refractivity contribution in [3.63, 3.8) is 0 Å². The van der Waals surface area contributed by atoms with Gasteiger partial charge >= 0.3 is 0 Å². The maximum Gasteiger partial charge on any atom is 0.201 e. The van der Waals surface area contributed by atoms with Crippen molar-refractivity contribution in [1.82, 2.24) is 0 Å². The van der Waals surface area contributed by atoms with Gasteiger partial charge < -0.3 is 0 Å². The number of hydrogen-bond acceptors (Lipinski definition) is 1. The Bertz CT molecular complexity index is 244. The Labute approximate surface area is 140 Å². The Balaban J connectivity index is 3.21. The molecule has 0 aromatic carbocycles. The molecule has 0 N–H and O–H groups in total. The predicted molar refractivity (Wildman–Crippen MR) is 98.9 cm³/mol. The molecule has 0 aliphatic carbocycles. The van der Waals surface area contributed by atoms with Crippen LogP contribution in [0.4, 0.5) is 0 Å². The Morgan fingerprint density at radius 2 is 1.23 bits per heavy atom. The van der Waals surface area contributed by atoms with Crippen molar-refractivity contribution in [3.8, 4) is 0 Å². The van der Waals surface area contributed by atoms with Crippen LogP contribution in [0.3, 0.4) is 0 Å². The van der Waals surface area contributed by atoms with E-state index in [1.807, 2.05) is 0 Å². The van der Waals surface area contributed by atoms with Gasteiger partial charge in [-0.25, -0.2) is 0 Å². The standard InChI is InChI=1S/C21H39O/c1-3-5-6-7-8-9-10-11-12-13-14-15-16-17-19-21(20-22)18-4-2/h11-12,21H,3-10,13-19H2,1-2H3/b12-11-. The topological polar surface area (TPSA) is 17.1 Å². The van der Waals surface area contributed by atoms with Crippen molar-refractivity contribution in [2.75, 3.05) is 0 Å². The molecule has 0 spiro atoms. The molecule has 0 aromatic rings. The summed E-state index contributed by atoms with van der Waals surface area (Å²) in [7, 11) is 0. The van der Waals surface area contributed by atoms with E-state index in [9.17, 15) is 4.79 Å². The molecule has 1 atom stereocenters. The smallest absolute Gasteiger partial charge is 0.201 e. The SMILES string of the molecule is CCCCCCCC/C=C\CCCCCCC([C]=O)CCC. The van der Waals surface area contributed by atoms with Crippen LogP contribution in [-0.2, 0) is 4.79 Å². The van der Waals surface area contributed by atoms with Crippen LogP contribution in [0.25, 0.3) is 0 Å². The average molecular weight is 308 g/mol. The molecule has 0 rings (SSSR count). The molecule has 22 heavy (non-hydrogen) atoms. The van der Waals surface area contributed by atoms with Crippen molar-refractivity contribution in [2.24, 2.45) is 5.92 Å². The lowest BCUT2D eigenvalue weighted by atomic mass is 9.97. The van der Waals surface area contributed by atoms with Crippen molar-refractivity contribution < 1.29 is 4.79 Å². The van der Waals surface area contributed by atoms with Crippen molar-refractivity contribution in [3.05, 3.63) is 12.2 Å². The largest absolute Gasteiger partial charge is 0.291 e. The Morgan fingerprint density at radius 1 is 0.682 bits per heavy atom. The van der Waals surface area contributed by atoms with Crippen LogP contribution < -0.4 is 0 Å². The van der Waals surface area contributed by atoms with Gasteiger partial charge in [0.2, 0.25) is 6.29 Å². The van der Waals surface area contributed by atoms with Crippen LogP contribution in [0.2, 0.25) is 0 Å². The molecule has 0 saturated heterocycles. The number of hydrogen-bond donors (Lipinski definition) is 0. The first-order valence-corrected chi connectivity index (χ1v) is 9.87. The van der Waals surface area contributed by atoms with Crippen LogP contribution in [0.15, 0.2) is 12.2 Å². The van der Waals surface area contributed by atoms with Crippen LogP contribution in [0.5, 0.6) is 0 Å². The fourth-order valence-electron chi connectivity index (χ4n) is 2.90. The second-order valence-corrected chi connectivity index (χ2v) is 6.62. The van der Waals surface area contributed by atoms with Gasteiger partial charge in [-0.05, 0) is 38.5 Å². The summed E-state index contributed by atoms with van der Waals surface area (Å²) >= 11 is 0. The first-order valence-electron chi connectivity index (χ1n) is 9.87. The molecule has 0 saturated carbocycles. The molecule has 0 aliphatic rings. The summed E-state index contributed by atoms with van der Waals surface area (Å²) in [4.78, 5) is 10.7. The molecule has 0 heterocycles. The number of allylic oxidation sites excluding steroid dienone is 2. The summed E-state index contributed by atoms with van der Waals surface area (Å²) in [6.45, 7) is 4.41. The lowest BCUT2D eigenvalue weighted by Crippen LogP contribution is -2.00. The summed E-state index contributed by atoms with van der Waals surface area (Å²) in [5.41, 5.74) is 0. The summed E-state index contributed by atoms with van der Waals surface area (Å²) in [6, 6.07) is 0. The molecule has 129 valence electrons. The maximum absolute atomic E-state index is 10.7. The van der Waals surface area contributed by atoms with Crippen molar-refractivity contribution in [2.45, 2.75) is 110 Å². The average Bonchev–Trinajstić information content (AvgIpc) is 2.54. The van der Waals surface area contributed by atoms with E-state index in [0.29, 0.717) is 0 Å². The molecule has 1 radical (unpaired) electrons. The lowest BCUT2D eigenvalue weighted by molar-refractivity contribution is 0.468. The van der Waals surface area contributed by atoms with Gasteiger partial charge in [-0.2, -0.15) is 0 Å². The second-order valence-electron chi connectivity index (χ2n) is 6.62. The highest BCUT2D eigenvalue weighted by Crippen LogP contribution is 2.14. The van der Waals surface area contributed by atoms with Crippen LogP contribution in [0, 0.1) is 5.92 Å². The highest BCUT2D eigenvalue weighted by Gasteiger charge is 2.05. The van der Waals surface area contributed by atoms with Gasteiger partial charge in [0.1, 0.15) is 0 Å². The molecule has 1 heteroatoms. The lowest BCUT2D eigenvalue weighted by Gasteiger charge is -2.06. The Kier molecular flexibility index (Phi) is 18.0. The van der Waals surface area contributed by atoms with Gasteiger partial charge in [0, 0.05) is 5.92 Å². The Morgan fingerprint density at radius 3 is 1.77 bits per heavy atom. The van der Waals surface area contributed by atoms with E-state index >= 15 is 0 Å². The quantitative estimate of drug-likeness (QED) is 0.206. The first-order chi connectivity index (χ1) is 10.8. The monoisotopic (exact) mass is 307 g/mol. The highest BCUT2D eigenvalue weighted by atomic mass is 16.1. The molecule has 0 aromatic heterocycles. The zero-order chi connectivity index (χ0) is 16.3. The third kappa shape index (κ3) is 15.8. The molecular weight excluding hydrogens is 268 g/mol. The third-order valence-corrected chi connectivity index (χ3v) is 4.37. The number of rotatable bonds is 17. The third-order valence-electron chi connectivity index (χ3n) is 4.37. The van der Waals surface area contributed by atoms with E-state index < -0.39 is 0 Å². The van der Waals surface area contributed by atoms with Gasteiger partial charge in [0.05, 0.1) is 0 Å². The van der Waals surface area contributed by atoms with E-state index in [1.165, 1.54) is 77.0 Å². The zero-order valence-corrected chi connectivity index (χ0v) is 15.2. The minimum atomic E-state index is 0.197. The fraction of sp³-hybridized carbons (Fsp3) is 0.857. The summed E-state index contributed by atoms with van der Waals surface area (Å²) in [5.74, 6) is 0.197. The minimum Gasteiger partial charge on any atom is -0.291 e. The fourth-order valence-corrected chi connectivity index (χ4v) is 2.90. The summed E-state index contributed by atoms with van der Waals surface area (Å²) in [5, 5.41) is 0. The molecule has 1 nitrogen and oxygen atoms in total. The molecule has 1 unspecified atom stereocenters. The molecule has 0 bridgehead atoms.